The SMILES string of the molecule is CCC(CC)C(=O)N1CCC(Cc2ccc(-c3ccncc3)cc2)(C(N)=O)CC1. The first-order valence-electron chi connectivity index (χ1n) is 10.6. The predicted molar refractivity (Wildman–Crippen MR) is 115 cm³/mol. The van der Waals surface area contributed by atoms with Crippen molar-refractivity contribution in [3.8, 4) is 11.1 Å². The number of hydrogen-bond acceptors (Lipinski definition) is 3. The Kier molecular flexibility index (Phi) is 6.68. The highest BCUT2D eigenvalue weighted by Gasteiger charge is 2.41. The molecular formula is C24H31N3O2. The molecule has 1 aliphatic heterocycles. The number of amides is 2. The lowest BCUT2D eigenvalue weighted by atomic mass is 9.73. The van der Waals surface area contributed by atoms with Gasteiger partial charge in [-0.2, -0.15) is 0 Å². The molecule has 5 nitrogen and oxygen atoms in total. The zero-order valence-electron chi connectivity index (χ0n) is 17.4. The third-order valence-electron chi connectivity index (χ3n) is 6.40. The van der Waals surface area contributed by atoms with Crippen LogP contribution < -0.4 is 5.73 Å². The van der Waals surface area contributed by atoms with E-state index in [-0.39, 0.29) is 17.7 Å². The monoisotopic (exact) mass is 393 g/mol. The highest BCUT2D eigenvalue weighted by molar-refractivity contribution is 5.83. The molecular weight excluding hydrogens is 362 g/mol. The fraction of sp³-hybridized carbons (Fsp3) is 0.458. The topological polar surface area (TPSA) is 76.3 Å². The summed E-state index contributed by atoms with van der Waals surface area (Å²) in [5, 5.41) is 0. The number of primary amides is 1. The number of likely N-dealkylation sites (tertiary alicyclic amines) is 1. The van der Waals surface area contributed by atoms with Crippen molar-refractivity contribution < 1.29 is 9.59 Å². The fourth-order valence-electron chi connectivity index (χ4n) is 4.31. The van der Waals surface area contributed by atoms with E-state index in [1.54, 1.807) is 12.4 Å². The number of benzene rings is 1. The average molecular weight is 394 g/mol. The molecule has 154 valence electrons. The molecule has 3 rings (SSSR count). The van der Waals surface area contributed by atoms with Gasteiger partial charge in [-0.3, -0.25) is 14.6 Å². The van der Waals surface area contributed by atoms with Crippen LogP contribution >= 0.6 is 0 Å². The largest absolute Gasteiger partial charge is 0.369 e. The molecule has 2 amide bonds. The lowest BCUT2D eigenvalue weighted by Crippen LogP contribution is -2.51. The van der Waals surface area contributed by atoms with Crippen LogP contribution in [0.15, 0.2) is 48.8 Å². The van der Waals surface area contributed by atoms with Crippen LogP contribution in [-0.4, -0.2) is 34.8 Å². The number of pyridine rings is 1. The summed E-state index contributed by atoms with van der Waals surface area (Å²) < 4.78 is 0. The van der Waals surface area contributed by atoms with Crippen molar-refractivity contribution in [3.05, 3.63) is 54.4 Å². The average Bonchev–Trinajstić information content (AvgIpc) is 2.76. The maximum atomic E-state index is 12.7. The van der Waals surface area contributed by atoms with Gasteiger partial charge in [0.25, 0.3) is 0 Å². The molecule has 1 fully saturated rings. The second-order valence-electron chi connectivity index (χ2n) is 8.09. The first-order chi connectivity index (χ1) is 14.0. The Morgan fingerprint density at radius 3 is 2.07 bits per heavy atom. The van der Waals surface area contributed by atoms with Crippen LogP contribution in [0.25, 0.3) is 11.1 Å². The summed E-state index contributed by atoms with van der Waals surface area (Å²) in [5.41, 5.74) is 8.61. The Labute approximate surface area is 173 Å². The van der Waals surface area contributed by atoms with Gasteiger partial charge in [-0.05, 0) is 60.9 Å². The molecule has 1 saturated heterocycles. The highest BCUT2D eigenvalue weighted by Crippen LogP contribution is 2.36. The quantitative estimate of drug-likeness (QED) is 0.777. The lowest BCUT2D eigenvalue weighted by molar-refractivity contribution is -0.142. The zero-order valence-corrected chi connectivity index (χ0v) is 17.4. The summed E-state index contributed by atoms with van der Waals surface area (Å²) in [4.78, 5) is 31.1. The Morgan fingerprint density at radius 2 is 1.55 bits per heavy atom. The molecule has 0 saturated carbocycles. The van der Waals surface area contributed by atoms with Gasteiger partial charge in [-0.15, -0.1) is 0 Å². The van der Waals surface area contributed by atoms with Crippen LogP contribution in [0.1, 0.15) is 45.1 Å². The van der Waals surface area contributed by atoms with Crippen LogP contribution in [0.3, 0.4) is 0 Å². The number of piperidine rings is 1. The van der Waals surface area contributed by atoms with Crippen molar-refractivity contribution >= 4 is 11.8 Å². The van der Waals surface area contributed by atoms with Gasteiger partial charge >= 0.3 is 0 Å². The molecule has 0 bridgehead atoms. The summed E-state index contributed by atoms with van der Waals surface area (Å²) >= 11 is 0. The minimum Gasteiger partial charge on any atom is -0.369 e. The van der Waals surface area contributed by atoms with Crippen molar-refractivity contribution in [2.45, 2.75) is 46.0 Å². The van der Waals surface area contributed by atoms with E-state index < -0.39 is 5.41 Å². The number of rotatable bonds is 7. The summed E-state index contributed by atoms with van der Waals surface area (Å²) in [7, 11) is 0. The normalized spacial score (nSPS) is 16.0. The van der Waals surface area contributed by atoms with Crippen molar-refractivity contribution in [2.75, 3.05) is 13.1 Å². The second-order valence-corrected chi connectivity index (χ2v) is 8.09. The number of carbonyl (C=O) groups is 2. The van der Waals surface area contributed by atoms with Crippen molar-refractivity contribution in [1.82, 2.24) is 9.88 Å². The number of carbonyl (C=O) groups excluding carboxylic acids is 2. The Bertz CT molecular complexity index is 821. The summed E-state index contributed by atoms with van der Waals surface area (Å²) in [6.07, 6.45) is 7.14. The van der Waals surface area contributed by atoms with Gasteiger partial charge in [0.15, 0.2) is 0 Å². The Hall–Kier alpha value is -2.69. The minimum atomic E-state index is -0.580. The molecule has 0 aliphatic carbocycles. The van der Waals surface area contributed by atoms with Crippen LogP contribution in [0.4, 0.5) is 0 Å². The Balaban J connectivity index is 1.69. The Morgan fingerprint density at radius 1 is 1.00 bits per heavy atom. The minimum absolute atomic E-state index is 0.0804. The van der Waals surface area contributed by atoms with E-state index in [9.17, 15) is 9.59 Å². The van der Waals surface area contributed by atoms with E-state index in [4.69, 9.17) is 5.73 Å². The van der Waals surface area contributed by atoms with Crippen molar-refractivity contribution in [3.63, 3.8) is 0 Å². The van der Waals surface area contributed by atoms with Crippen molar-refractivity contribution in [1.29, 1.82) is 0 Å². The van der Waals surface area contributed by atoms with E-state index >= 15 is 0 Å². The van der Waals surface area contributed by atoms with Crippen LogP contribution in [-0.2, 0) is 16.0 Å². The molecule has 1 aromatic carbocycles. The summed E-state index contributed by atoms with van der Waals surface area (Å²) in [6.45, 7) is 5.32. The van der Waals surface area contributed by atoms with Crippen molar-refractivity contribution in [2.24, 2.45) is 17.1 Å². The molecule has 29 heavy (non-hydrogen) atoms. The maximum absolute atomic E-state index is 12.7. The number of aromatic nitrogens is 1. The number of nitrogens with two attached hydrogens (primary N) is 1. The van der Waals surface area contributed by atoms with Gasteiger partial charge < -0.3 is 10.6 Å². The molecule has 1 aliphatic rings. The summed E-state index contributed by atoms with van der Waals surface area (Å²) in [5.74, 6) is 0.0388. The third kappa shape index (κ3) is 4.66. The van der Waals surface area contributed by atoms with E-state index in [0.717, 1.165) is 29.5 Å². The smallest absolute Gasteiger partial charge is 0.225 e. The molecule has 2 N–H and O–H groups in total. The van der Waals surface area contributed by atoms with E-state index in [1.165, 1.54) is 0 Å². The third-order valence-corrected chi connectivity index (χ3v) is 6.40. The molecule has 5 heteroatoms. The van der Waals surface area contributed by atoms with Crippen LogP contribution in [0.5, 0.6) is 0 Å². The molecule has 2 aromatic rings. The standard InChI is InChI=1S/C24H31N3O2/c1-3-19(4-2)22(28)27-15-11-24(12-16-27,23(25)29)17-18-5-7-20(8-6-18)21-9-13-26-14-10-21/h5-10,13-14,19H,3-4,11-12,15-17H2,1-2H3,(H2,25,29). The van der Waals surface area contributed by atoms with Gasteiger partial charge in [0.1, 0.15) is 0 Å². The van der Waals surface area contributed by atoms with Gasteiger partial charge in [0.2, 0.25) is 11.8 Å². The van der Waals surface area contributed by atoms with E-state index in [2.05, 4.69) is 43.1 Å². The van der Waals surface area contributed by atoms with Gasteiger partial charge in [-0.25, -0.2) is 0 Å². The predicted octanol–water partition coefficient (Wildman–Crippen LogP) is 3.82. The molecule has 0 radical (unpaired) electrons. The highest BCUT2D eigenvalue weighted by atomic mass is 16.2. The second kappa shape index (κ2) is 9.21. The molecule has 0 unspecified atom stereocenters. The first-order valence-corrected chi connectivity index (χ1v) is 10.6. The lowest BCUT2D eigenvalue weighted by Gasteiger charge is -2.40. The first kappa shape index (κ1) is 21.0. The number of nitrogens with zero attached hydrogens (tertiary/aromatic N) is 2. The van der Waals surface area contributed by atoms with E-state index in [0.29, 0.717) is 32.4 Å². The van der Waals surface area contributed by atoms with Gasteiger partial charge in [0.05, 0.1) is 5.41 Å². The van der Waals surface area contributed by atoms with Gasteiger partial charge in [0, 0.05) is 31.4 Å². The van der Waals surface area contributed by atoms with Crippen LogP contribution in [0, 0.1) is 11.3 Å². The molecule has 1 aromatic heterocycles. The molecule has 2 heterocycles. The van der Waals surface area contributed by atoms with E-state index in [1.807, 2.05) is 17.0 Å². The summed E-state index contributed by atoms with van der Waals surface area (Å²) in [6, 6.07) is 12.2. The zero-order chi connectivity index (χ0) is 20.9. The maximum Gasteiger partial charge on any atom is 0.225 e. The van der Waals surface area contributed by atoms with Crippen LogP contribution in [0.2, 0.25) is 0 Å². The fourth-order valence-corrected chi connectivity index (χ4v) is 4.31. The molecule has 0 atom stereocenters. The van der Waals surface area contributed by atoms with Gasteiger partial charge in [-0.1, -0.05) is 38.1 Å². The number of hydrogen-bond donors (Lipinski definition) is 1. The molecule has 0 spiro atoms.